The Morgan fingerprint density at radius 2 is 2.06 bits per heavy atom. The van der Waals surface area contributed by atoms with Gasteiger partial charge in [0.15, 0.2) is 0 Å². The van der Waals surface area contributed by atoms with Crippen molar-refractivity contribution in [3.63, 3.8) is 0 Å². The molecule has 2 rings (SSSR count). The van der Waals surface area contributed by atoms with Crippen LogP contribution in [0.2, 0.25) is 0 Å². The van der Waals surface area contributed by atoms with Crippen LogP contribution < -0.4 is 5.32 Å². The van der Waals surface area contributed by atoms with E-state index < -0.39 is 0 Å². The third-order valence-electron chi connectivity index (χ3n) is 2.78. The topological polar surface area (TPSA) is 29.9 Å². The second-order valence-electron chi connectivity index (χ2n) is 4.12. The summed E-state index contributed by atoms with van der Waals surface area (Å²) in [6, 6.07) is 12.2. The highest BCUT2D eigenvalue weighted by Gasteiger charge is 2.02. The number of nitrogens with zero attached hydrogens (tertiary/aromatic N) is 2. The summed E-state index contributed by atoms with van der Waals surface area (Å²) in [5, 5.41) is 7.61. The molecule has 0 fully saturated rings. The summed E-state index contributed by atoms with van der Waals surface area (Å²) in [5.74, 6) is 0.891. The van der Waals surface area contributed by atoms with Gasteiger partial charge in [-0.05, 0) is 18.1 Å². The Morgan fingerprint density at radius 1 is 1.35 bits per heavy atom. The van der Waals surface area contributed by atoms with Crippen molar-refractivity contribution in [2.24, 2.45) is 7.05 Å². The monoisotopic (exact) mass is 227 g/mol. The van der Waals surface area contributed by atoms with E-state index in [9.17, 15) is 0 Å². The van der Waals surface area contributed by atoms with E-state index in [4.69, 9.17) is 0 Å². The fourth-order valence-electron chi connectivity index (χ4n) is 1.62. The maximum atomic E-state index is 4.34. The molecule has 0 saturated heterocycles. The Balaban J connectivity index is 1.97. The number of nitrogens with one attached hydrogen (secondary N) is 1. The molecular formula is C14H17N3. The van der Waals surface area contributed by atoms with E-state index in [0.717, 1.165) is 22.6 Å². The number of rotatable bonds is 4. The largest absolute Gasteiger partial charge is 0.365 e. The summed E-state index contributed by atoms with van der Waals surface area (Å²) < 4.78 is 1.85. The predicted octanol–water partition coefficient (Wildman–Crippen LogP) is 2.85. The molecule has 0 aliphatic rings. The van der Waals surface area contributed by atoms with E-state index in [1.165, 1.54) is 0 Å². The summed E-state index contributed by atoms with van der Waals surface area (Å²) in [7, 11) is 1.94. The lowest BCUT2D eigenvalue weighted by molar-refractivity contribution is 0.742. The van der Waals surface area contributed by atoms with Crippen LogP contribution in [0.3, 0.4) is 0 Å². The maximum absolute atomic E-state index is 4.34. The average molecular weight is 227 g/mol. The summed E-state index contributed by atoms with van der Waals surface area (Å²) in [6.07, 6.45) is 0. The van der Waals surface area contributed by atoms with Gasteiger partial charge >= 0.3 is 0 Å². The van der Waals surface area contributed by atoms with Crippen LogP contribution in [0.1, 0.15) is 11.3 Å². The van der Waals surface area contributed by atoms with Crippen LogP contribution in [0.4, 0.5) is 5.82 Å². The third kappa shape index (κ3) is 2.75. The molecule has 88 valence electrons. The lowest BCUT2D eigenvalue weighted by Crippen LogP contribution is -2.04. The predicted molar refractivity (Wildman–Crippen MR) is 71.9 cm³/mol. The van der Waals surface area contributed by atoms with E-state index in [-0.39, 0.29) is 0 Å². The van der Waals surface area contributed by atoms with Crippen molar-refractivity contribution in [1.82, 2.24) is 9.78 Å². The average Bonchev–Trinajstić information content (AvgIpc) is 2.67. The second-order valence-corrected chi connectivity index (χ2v) is 4.12. The molecule has 17 heavy (non-hydrogen) atoms. The number of anilines is 1. The molecule has 0 atom stereocenters. The Morgan fingerprint density at radius 3 is 2.65 bits per heavy atom. The number of aromatic nitrogens is 2. The molecule has 2 aromatic rings. The highest BCUT2D eigenvalue weighted by atomic mass is 15.3. The van der Waals surface area contributed by atoms with E-state index in [1.807, 2.05) is 42.9 Å². The zero-order chi connectivity index (χ0) is 12.3. The fraction of sp³-hybridized carbons (Fsp3) is 0.214. The van der Waals surface area contributed by atoms with E-state index >= 15 is 0 Å². The SMILES string of the molecule is C=C(CNc1cc(C)n(C)n1)c1ccccc1. The van der Waals surface area contributed by atoms with Gasteiger partial charge in [-0.15, -0.1) is 0 Å². The molecule has 3 heteroatoms. The number of hydrogen-bond acceptors (Lipinski definition) is 2. The Hall–Kier alpha value is -2.03. The van der Waals surface area contributed by atoms with Crippen LogP contribution in [0.15, 0.2) is 43.0 Å². The summed E-state index contributed by atoms with van der Waals surface area (Å²) in [4.78, 5) is 0. The molecule has 0 spiro atoms. The van der Waals surface area contributed by atoms with Gasteiger partial charge in [-0.1, -0.05) is 36.9 Å². The lowest BCUT2D eigenvalue weighted by atomic mass is 10.1. The minimum atomic E-state index is 0.709. The molecule has 1 N–H and O–H groups in total. The van der Waals surface area contributed by atoms with Gasteiger partial charge in [0.2, 0.25) is 0 Å². The molecule has 0 aliphatic carbocycles. The van der Waals surface area contributed by atoms with Crippen LogP contribution in [0, 0.1) is 6.92 Å². The van der Waals surface area contributed by atoms with Crippen LogP contribution >= 0.6 is 0 Å². The molecule has 0 saturated carbocycles. The molecule has 1 heterocycles. The molecule has 0 unspecified atom stereocenters. The van der Waals surface area contributed by atoms with Gasteiger partial charge in [0.1, 0.15) is 5.82 Å². The molecular weight excluding hydrogens is 210 g/mol. The highest BCUT2D eigenvalue weighted by molar-refractivity contribution is 5.66. The molecule has 1 aromatic carbocycles. The lowest BCUT2D eigenvalue weighted by Gasteiger charge is -2.06. The summed E-state index contributed by atoms with van der Waals surface area (Å²) in [5.41, 5.74) is 3.36. The van der Waals surface area contributed by atoms with Crippen LogP contribution in [0.25, 0.3) is 5.57 Å². The molecule has 3 nitrogen and oxygen atoms in total. The minimum Gasteiger partial charge on any atom is -0.365 e. The van der Waals surface area contributed by atoms with Crippen LogP contribution in [0.5, 0.6) is 0 Å². The Labute approximate surface area is 102 Å². The van der Waals surface area contributed by atoms with E-state index in [0.29, 0.717) is 6.54 Å². The smallest absolute Gasteiger partial charge is 0.148 e. The van der Waals surface area contributed by atoms with Crippen molar-refractivity contribution >= 4 is 11.4 Å². The standard InChI is InChI=1S/C14H17N3/c1-11(13-7-5-4-6-8-13)10-15-14-9-12(2)17(3)16-14/h4-9H,1,10H2,2-3H3,(H,15,16). The normalized spacial score (nSPS) is 10.2. The highest BCUT2D eigenvalue weighted by Crippen LogP contribution is 2.13. The Bertz CT molecular complexity index is 492. The third-order valence-corrected chi connectivity index (χ3v) is 2.78. The van der Waals surface area contributed by atoms with Crippen LogP contribution in [-0.2, 0) is 7.05 Å². The first-order valence-corrected chi connectivity index (χ1v) is 5.64. The van der Waals surface area contributed by atoms with Crippen molar-refractivity contribution in [3.05, 3.63) is 54.2 Å². The van der Waals surface area contributed by atoms with Crippen LogP contribution in [-0.4, -0.2) is 16.3 Å². The van der Waals surface area contributed by atoms with Gasteiger partial charge in [0.25, 0.3) is 0 Å². The van der Waals surface area contributed by atoms with Gasteiger partial charge in [-0.2, -0.15) is 5.10 Å². The molecule has 0 aliphatic heterocycles. The van der Waals surface area contributed by atoms with Gasteiger partial charge < -0.3 is 5.32 Å². The molecule has 0 amide bonds. The van der Waals surface area contributed by atoms with Crippen molar-refractivity contribution in [2.75, 3.05) is 11.9 Å². The van der Waals surface area contributed by atoms with E-state index in [2.05, 4.69) is 29.1 Å². The molecule has 1 aromatic heterocycles. The molecule has 0 bridgehead atoms. The molecule has 0 radical (unpaired) electrons. The van der Waals surface area contributed by atoms with E-state index in [1.54, 1.807) is 0 Å². The van der Waals surface area contributed by atoms with Gasteiger partial charge in [-0.3, -0.25) is 4.68 Å². The van der Waals surface area contributed by atoms with Gasteiger partial charge in [-0.25, -0.2) is 0 Å². The minimum absolute atomic E-state index is 0.709. The Kier molecular flexibility index (Phi) is 3.28. The fourth-order valence-corrected chi connectivity index (χ4v) is 1.62. The zero-order valence-corrected chi connectivity index (χ0v) is 10.3. The van der Waals surface area contributed by atoms with Gasteiger partial charge in [0, 0.05) is 25.4 Å². The van der Waals surface area contributed by atoms with Crippen molar-refractivity contribution in [3.8, 4) is 0 Å². The van der Waals surface area contributed by atoms with Crippen molar-refractivity contribution < 1.29 is 0 Å². The van der Waals surface area contributed by atoms with Crippen molar-refractivity contribution in [2.45, 2.75) is 6.92 Å². The summed E-state index contributed by atoms with van der Waals surface area (Å²) in [6.45, 7) is 6.81. The first kappa shape index (κ1) is 11.5. The zero-order valence-electron chi connectivity index (χ0n) is 10.3. The summed E-state index contributed by atoms with van der Waals surface area (Å²) >= 11 is 0. The first-order chi connectivity index (χ1) is 8.16. The number of aryl methyl sites for hydroxylation is 2. The van der Waals surface area contributed by atoms with Crippen molar-refractivity contribution in [1.29, 1.82) is 0 Å². The number of benzene rings is 1. The maximum Gasteiger partial charge on any atom is 0.148 e. The quantitative estimate of drug-likeness (QED) is 0.870. The second kappa shape index (κ2) is 4.87. The van der Waals surface area contributed by atoms with Gasteiger partial charge in [0.05, 0.1) is 0 Å². The number of hydrogen-bond donors (Lipinski definition) is 1. The first-order valence-electron chi connectivity index (χ1n) is 5.64.